The lowest BCUT2D eigenvalue weighted by Gasteiger charge is -2.29. The number of nitro benzene ring substituents is 1. The van der Waals surface area contributed by atoms with E-state index in [2.05, 4.69) is 20.8 Å². The summed E-state index contributed by atoms with van der Waals surface area (Å²) in [6.07, 6.45) is 0. The van der Waals surface area contributed by atoms with Crippen molar-refractivity contribution in [2.24, 2.45) is 0 Å². The summed E-state index contributed by atoms with van der Waals surface area (Å²) in [5.41, 5.74) is 1.17. The quantitative estimate of drug-likeness (QED) is 0.622. The van der Waals surface area contributed by atoms with Crippen LogP contribution in [0.5, 0.6) is 0 Å². The Hall–Kier alpha value is -0.750. The Balaban J connectivity index is 2.24. The van der Waals surface area contributed by atoms with E-state index < -0.39 is 0 Å². The van der Waals surface area contributed by atoms with E-state index in [0.717, 1.165) is 34.8 Å². The van der Waals surface area contributed by atoms with E-state index in [-0.39, 0.29) is 10.6 Å². The van der Waals surface area contributed by atoms with Crippen LogP contribution in [0.4, 0.5) is 11.4 Å². The van der Waals surface area contributed by atoms with Crippen LogP contribution in [0.1, 0.15) is 0 Å². The number of nitro groups is 1. The lowest BCUT2D eigenvalue weighted by Crippen LogP contribution is -2.32. The predicted octanol–water partition coefficient (Wildman–Crippen LogP) is 2.91. The zero-order valence-corrected chi connectivity index (χ0v) is 11.0. The summed E-state index contributed by atoms with van der Waals surface area (Å²) >= 11 is 5.34. The first-order chi connectivity index (χ1) is 7.68. The number of rotatable bonds is 2. The smallest absolute Gasteiger partial charge is 0.270 e. The number of hydrogen-bond acceptors (Lipinski definition) is 4. The van der Waals surface area contributed by atoms with Gasteiger partial charge in [-0.1, -0.05) is 0 Å². The van der Waals surface area contributed by atoms with Gasteiger partial charge in [0.1, 0.15) is 0 Å². The molecular weight excluding hydrogens is 292 g/mol. The van der Waals surface area contributed by atoms with Crippen LogP contribution >= 0.6 is 27.7 Å². The van der Waals surface area contributed by atoms with Gasteiger partial charge >= 0.3 is 0 Å². The van der Waals surface area contributed by atoms with Gasteiger partial charge in [-0.25, -0.2) is 0 Å². The average Bonchev–Trinajstić information content (AvgIpc) is 2.30. The van der Waals surface area contributed by atoms with Gasteiger partial charge in [-0.05, 0) is 22.0 Å². The molecule has 1 heterocycles. The molecular formula is C10H11BrN2O2S. The van der Waals surface area contributed by atoms with Gasteiger partial charge < -0.3 is 4.90 Å². The Morgan fingerprint density at radius 1 is 1.38 bits per heavy atom. The molecule has 0 atom stereocenters. The first kappa shape index (κ1) is 11.7. The molecule has 0 aromatic heterocycles. The highest BCUT2D eigenvalue weighted by atomic mass is 79.9. The molecule has 0 N–H and O–H groups in total. The number of halogens is 1. The fourth-order valence-corrected chi connectivity index (χ4v) is 3.19. The molecule has 0 spiro atoms. The molecule has 4 nitrogen and oxygen atoms in total. The highest BCUT2D eigenvalue weighted by molar-refractivity contribution is 9.10. The molecule has 1 aromatic rings. The van der Waals surface area contributed by atoms with E-state index in [1.807, 2.05) is 17.8 Å². The van der Waals surface area contributed by atoms with Crippen LogP contribution in [-0.2, 0) is 0 Å². The second kappa shape index (κ2) is 5.05. The van der Waals surface area contributed by atoms with Crippen molar-refractivity contribution in [2.75, 3.05) is 29.5 Å². The topological polar surface area (TPSA) is 46.4 Å². The molecule has 6 heteroatoms. The van der Waals surface area contributed by atoms with Crippen molar-refractivity contribution in [3.05, 3.63) is 32.8 Å². The monoisotopic (exact) mass is 302 g/mol. The molecule has 1 fully saturated rings. The van der Waals surface area contributed by atoms with Crippen molar-refractivity contribution in [1.82, 2.24) is 0 Å². The van der Waals surface area contributed by atoms with Crippen LogP contribution in [0, 0.1) is 10.1 Å². The molecule has 1 aliphatic rings. The Morgan fingerprint density at radius 3 is 2.62 bits per heavy atom. The summed E-state index contributed by atoms with van der Waals surface area (Å²) in [5, 5.41) is 10.6. The number of hydrogen-bond donors (Lipinski definition) is 0. The number of nitrogens with zero attached hydrogens (tertiary/aromatic N) is 2. The molecule has 0 amide bonds. The van der Waals surface area contributed by atoms with E-state index in [1.165, 1.54) is 0 Å². The summed E-state index contributed by atoms with van der Waals surface area (Å²) in [6, 6.07) is 4.94. The van der Waals surface area contributed by atoms with Crippen LogP contribution in [0.25, 0.3) is 0 Å². The zero-order chi connectivity index (χ0) is 11.5. The van der Waals surface area contributed by atoms with Crippen LogP contribution in [0.3, 0.4) is 0 Å². The normalized spacial score (nSPS) is 16.2. The van der Waals surface area contributed by atoms with E-state index in [9.17, 15) is 10.1 Å². The predicted molar refractivity (Wildman–Crippen MR) is 70.3 cm³/mol. The second-order valence-corrected chi connectivity index (χ2v) is 5.57. The Bertz CT molecular complexity index is 408. The van der Waals surface area contributed by atoms with Crippen molar-refractivity contribution < 1.29 is 4.92 Å². The lowest BCUT2D eigenvalue weighted by atomic mass is 10.2. The summed E-state index contributed by atoms with van der Waals surface area (Å²) in [5.74, 6) is 2.23. The van der Waals surface area contributed by atoms with E-state index >= 15 is 0 Å². The molecule has 0 bridgehead atoms. The Morgan fingerprint density at radius 2 is 2.06 bits per heavy atom. The molecule has 0 unspecified atom stereocenters. The first-order valence-corrected chi connectivity index (χ1v) is 6.90. The highest BCUT2D eigenvalue weighted by Gasteiger charge is 2.16. The molecule has 0 aliphatic carbocycles. The van der Waals surface area contributed by atoms with Crippen LogP contribution < -0.4 is 4.90 Å². The Labute approximate surface area is 106 Å². The number of non-ortho nitro benzene ring substituents is 1. The molecule has 16 heavy (non-hydrogen) atoms. The highest BCUT2D eigenvalue weighted by Crippen LogP contribution is 2.31. The van der Waals surface area contributed by atoms with E-state index in [1.54, 1.807) is 12.1 Å². The minimum Gasteiger partial charge on any atom is -0.369 e. The number of anilines is 1. The average molecular weight is 303 g/mol. The first-order valence-electron chi connectivity index (χ1n) is 4.95. The lowest BCUT2D eigenvalue weighted by molar-refractivity contribution is -0.384. The van der Waals surface area contributed by atoms with E-state index in [0.29, 0.717) is 0 Å². The maximum absolute atomic E-state index is 10.6. The summed E-state index contributed by atoms with van der Waals surface area (Å²) in [4.78, 5) is 12.5. The zero-order valence-electron chi connectivity index (χ0n) is 8.56. The van der Waals surface area contributed by atoms with Gasteiger partial charge in [0.15, 0.2) is 0 Å². The van der Waals surface area contributed by atoms with Crippen molar-refractivity contribution in [2.45, 2.75) is 0 Å². The van der Waals surface area contributed by atoms with Gasteiger partial charge in [-0.15, -0.1) is 0 Å². The molecule has 0 saturated carbocycles. The van der Waals surface area contributed by atoms with Gasteiger partial charge in [0.05, 0.1) is 10.6 Å². The third-order valence-corrected chi connectivity index (χ3v) is 4.07. The van der Waals surface area contributed by atoms with Crippen molar-refractivity contribution in [1.29, 1.82) is 0 Å². The molecule has 1 aliphatic heterocycles. The molecule has 1 aromatic carbocycles. The molecule has 1 saturated heterocycles. The maximum atomic E-state index is 10.6. The van der Waals surface area contributed by atoms with Gasteiger partial charge in [0.25, 0.3) is 5.69 Å². The minimum absolute atomic E-state index is 0.127. The van der Waals surface area contributed by atoms with Crippen LogP contribution in [0.15, 0.2) is 22.7 Å². The minimum atomic E-state index is -0.374. The molecule has 86 valence electrons. The summed E-state index contributed by atoms with van der Waals surface area (Å²) in [6.45, 7) is 2.00. The van der Waals surface area contributed by atoms with Crippen molar-refractivity contribution >= 4 is 39.1 Å². The van der Waals surface area contributed by atoms with Crippen molar-refractivity contribution in [3.8, 4) is 0 Å². The second-order valence-electron chi connectivity index (χ2n) is 3.49. The fourth-order valence-electron chi connectivity index (χ4n) is 1.67. The van der Waals surface area contributed by atoms with Gasteiger partial charge in [0.2, 0.25) is 0 Å². The molecule has 2 rings (SSSR count). The fraction of sp³-hybridized carbons (Fsp3) is 0.400. The number of benzene rings is 1. The summed E-state index contributed by atoms with van der Waals surface area (Å²) in [7, 11) is 0. The van der Waals surface area contributed by atoms with Crippen molar-refractivity contribution in [3.63, 3.8) is 0 Å². The number of thioether (sulfide) groups is 1. The van der Waals surface area contributed by atoms with Gasteiger partial charge in [-0.2, -0.15) is 11.8 Å². The van der Waals surface area contributed by atoms with Crippen LogP contribution in [0.2, 0.25) is 0 Å². The van der Waals surface area contributed by atoms with Gasteiger partial charge in [-0.3, -0.25) is 10.1 Å². The Kier molecular flexibility index (Phi) is 3.70. The van der Waals surface area contributed by atoms with E-state index in [4.69, 9.17) is 0 Å². The van der Waals surface area contributed by atoms with Crippen LogP contribution in [-0.4, -0.2) is 29.5 Å². The van der Waals surface area contributed by atoms with Gasteiger partial charge in [0, 0.05) is 41.2 Å². The summed E-state index contributed by atoms with van der Waals surface area (Å²) < 4.78 is 0.800. The third-order valence-electron chi connectivity index (χ3n) is 2.49. The third kappa shape index (κ3) is 2.49. The largest absolute Gasteiger partial charge is 0.369 e. The maximum Gasteiger partial charge on any atom is 0.270 e. The standard InChI is InChI=1S/C10H11BrN2O2S/c11-9-7-8(13(14)15)1-2-10(9)12-3-5-16-6-4-12/h1-2,7H,3-6H2. The SMILES string of the molecule is O=[N+]([O-])c1ccc(N2CCSCC2)c(Br)c1. The molecule has 0 radical (unpaired) electrons.